The van der Waals surface area contributed by atoms with Crippen LogP contribution in [0.4, 0.5) is 0 Å². The highest BCUT2D eigenvalue weighted by Crippen LogP contribution is 2.25. The van der Waals surface area contributed by atoms with E-state index in [0.29, 0.717) is 48.1 Å². The maximum Gasteiger partial charge on any atom is 0.339 e. The van der Waals surface area contributed by atoms with E-state index in [4.69, 9.17) is 10.5 Å². The summed E-state index contributed by atoms with van der Waals surface area (Å²) in [5, 5.41) is 0.668. The Bertz CT molecular complexity index is 1120. The van der Waals surface area contributed by atoms with Gasteiger partial charge < -0.3 is 15.4 Å². The molecule has 0 spiro atoms. The van der Waals surface area contributed by atoms with Crippen LogP contribution in [0.1, 0.15) is 23.2 Å². The van der Waals surface area contributed by atoms with Gasteiger partial charge in [0.1, 0.15) is 0 Å². The number of carbonyl (C=O) groups excluding carboxylic acids is 3. The number of amides is 2. The molecule has 158 valence electrons. The largest absolute Gasteiger partial charge is 0.452 e. The normalized spacial score (nSPS) is 14.4. The molecule has 0 unspecified atom stereocenters. The number of primary amides is 1. The number of aromatic nitrogens is 1. The fourth-order valence-electron chi connectivity index (χ4n) is 3.81. The summed E-state index contributed by atoms with van der Waals surface area (Å²) in [6.07, 6.45) is 1.06. The first-order chi connectivity index (χ1) is 15.0. The maximum atomic E-state index is 12.9. The van der Waals surface area contributed by atoms with Gasteiger partial charge in [-0.25, -0.2) is 9.78 Å². The topological polar surface area (TPSA) is 103 Å². The Morgan fingerprint density at radius 1 is 1.00 bits per heavy atom. The Balaban J connectivity index is 1.50. The summed E-state index contributed by atoms with van der Waals surface area (Å²) in [6, 6.07) is 18.6. The van der Waals surface area contributed by atoms with Crippen molar-refractivity contribution in [3.63, 3.8) is 0 Å². The number of esters is 1. The second-order valence-corrected chi connectivity index (χ2v) is 7.57. The van der Waals surface area contributed by atoms with Crippen LogP contribution in [0.3, 0.4) is 0 Å². The van der Waals surface area contributed by atoms with Crippen molar-refractivity contribution in [2.45, 2.75) is 12.8 Å². The molecule has 1 aliphatic heterocycles. The Hall–Kier alpha value is -3.74. The summed E-state index contributed by atoms with van der Waals surface area (Å²) in [4.78, 5) is 42.9. The molecular weight excluding hydrogens is 394 g/mol. The summed E-state index contributed by atoms with van der Waals surface area (Å²) >= 11 is 0. The number of fused-ring (bicyclic) bond motifs is 1. The van der Waals surface area contributed by atoms with Gasteiger partial charge in [0.25, 0.3) is 5.91 Å². The van der Waals surface area contributed by atoms with Gasteiger partial charge in [0.15, 0.2) is 6.61 Å². The van der Waals surface area contributed by atoms with E-state index in [1.54, 1.807) is 11.0 Å². The lowest BCUT2D eigenvalue weighted by Crippen LogP contribution is -2.43. The van der Waals surface area contributed by atoms with E-state index >= 15 is 0 Å². The zero-order valence-corrected chi connectivity index (χ0v) is 17.0. The smallest absolute Gasteiger partial charge is 0.339 e. The van der Waals surface area contributed by atoms with Crippen LogP contribution < -0.4 is 5.73 Å². The van der Waals surface area contributed by atoms with Gasteiger partial charge in [-0.05, 0) is 25.0 Å². The van der Waals surface area contributed by atoms with Crippen molar-refractivity contribution < 1.29 is 19.1 Å². The Kier molecular flexibility index (Phi) is 5.93. The van der Waals surface area contributed by atoms with Gasteiger partial charge in [0.05, 0.1) is 16.8 Å². The van der Waals surface area contributed by atoms with Crippen LogP contribution >= 0.6 is 0 Å². The van der Waals surface area contributed by atoms with Crippen LogP contribution in [0, 0.1) is 5.92 Å². The highest BCUT2D eigenvalue weighted by molar-refractivity contribution is 6.05. The van der Waals surface area contributed by atoms with Gasteiger partial charge in [-0.1, -0.05) is 48.5 Å². The molecular formula is C24H23N3O4. The average molecular weight is 417 g/mol. The minimum absolute atomic E-state index is 0.203. The summed E-state index contributed by atoms with van der Waals surface area (Å²) in [5.74, 6) is -1.39. The summed E-state index contributed by atoms with van der Waals surface area (Å²) in [5.41, 5.74) is 7.92. The molecule has 1 saturated heterocycles. The summed E-state index contributed by atoms with van der Waals surface area (Å²) in [6.45, 7) is 0.512. The van der Waals surface area contributed by atoms with E-state index in [-0.39, 0.29) is 24.3 Å². The van der Waals surface area contributed by atoms with E-state index < -0.39 is 5.97 Å². The van der Waals surface area contributed by atoms with Crippen LogP contribution in [-0.2, 0) is 14.3 Å². The number of carbonyl (C=O) groups is 3. The third-order valence-corrected chi connectivity index (χ3v) is 5.58. The molecule has 2 N–H and O–H groups in total. The van der Waals surface area contributed by atoms with Crippen molar-refractivity contribution in [3.8, 4) is 11.3 Å². The van der Waals surface area contributed by atoms with Crippen LogP contribution in [-0.4, -0.2) is 47.4 Å². The Labute approximate surface area is 179 Å². The third kappa shape index (κ3) is 4.55. The molecule has 0 atom stereocenters. The van der Waals surface area contributed by atoms with Gasteiger partial charge >= 0.3 is 5.97 Å². The first-order valence-corrected chi connectivity index (χ1v) is 10.2. The first-order valence-electron chi connectivity index (χ1n) is 10.2. The number of para-hydroxylation sites is 1. The molecule has 1 fully saturated rings. The molecule has 4 rings (SSSR count). The molecule has 0 bridgehead atoms. The fraction of sp³-hybridized carbons (Fsp3) is 0.250. The number of pyridine rings is 1. The van der Waals surface area contributed by atoms with Crippen LogP contribution in [0.5, 0.6) is 0 Å². The number of likely N-dealkylation sites (tertiary alicyclic amines) is 1. The van der Waals surface area contributed by atoms with Crippen molar-refractivity contribution in [1.29, 1.82) is 0 Å². The average Bonchev–Trinajstić information content (AvgIpc) is 2.82. The molecule has 2 amide bonds. The molecule has 0 saturated carbocycles. The highest BCUT2D eigenvalue weighted by atomic mass is 16.5. The fourth-order valence-corrected chi connectivity index (χ4v) is 3.81. The molecule has 3 aromatic rings. The van der Waals surface area contributed by atoms with Crippen molar-refractivity contribution in [1.82, 2.24) is 9.88 Å². The number of ether oxygens (including phenoxy) is 1. The quantitative estimate of drug-likeness (QED) is 0.643. The van der Waals surface area contributed by atoms with Crippen LogP contribution in [0.25, 0.3) is 22.2 Å². The Morgan fingerprint density at radius 2 is 1.68 bits per heavy atom. The maximum absolute atomic E-state index is 12.9. The minimum atomic E-state index is -0.573. The lowest BCUT2D eigenvalue weighted by atomic mass is 9.96. The zero-order chi connectivity index (χ0) is 21.8. The number of nitrogens with zero attached hydrogens (tertiary/aromatic N) is 2. The van der Waals surface area contributed by atoms with Gasteiger partial charge in [0.2, 0.25) is 5.91 Å². The molecule has 0 radical (unpaired) electrons. The predicted octanol–water partition coefficient (Wildman–Crippen LogP) is 2.78. The monoisotopic (exact) mass is 417 g/mol. The summed E-state index contributed by atoms with van der Waals surface area (Å²) in [7, 11) is 0. The summed E-state index contributed by atoms with van der Waals surface area (Å²) < 4.78 is 5.37. The number of benzene rings is 2. The number of piperidine rings is 1. The molecule has 7 heteroatoms. The molecule has 31 heavy (non-hydrogen) atoms. The van der Waals surface area contributed by atoms with E-state index in [0.717, 1.165) is 5.56 Å². The van der Waals surface area contributed by atoms with E-state index in [1.165, 1.54) is 0 Å². The Morgan fingerprint density at radius 3 is 2.39 bits per heavy atom. The second kappa shape index (κ2) is 8.95. The van der Waals surface area contributed by atoms with Gasteiger partial charge in [-0.3, -0.25) is 9.59 Å². The van der Waals surface area contributed by atoms with Gasteiger partial charge in [-0.2, -0.15) is 0 Å². The molecule has 2 heterocycles. The number of hydrogen-bond donors (Lipinski definition) is 1. The molecule has 2 aromatic carbocycles. The van der Waals surface area contributed by atoms with Crippen molar-refractivity contribution in [2.24, 2.45) is 11.7 Å². The number of nitrogens with two attached hydrogens (primary N) is 1. The van der Waals surface area contributed by atoms with E-state index in [1.807, 2.05) is 54.6 Å². The SMILES string of the molecule is NC(=O)C1CCN(C(=O)COC(=O)c2cc(-c3ccccc3)nc3ccccc23)CC1. The number of rotatable bonds is 5. The standard InChI is InChI=1S/C24H23N3O4/c25-23(29)17-10-12-27(13-11-17)22(28)15-31-24(30)19-14-21(16-6-2-1-3-7-16)26-20-9-5-4-8-18(19)20/h1-9,14,17H,10-13,15H2,(H2,25,29). The molecule has 1 aromatic heterocycles. The van der Waals surface area contributed by atoms with Crippen molar-refractivity contribution in [2.75, 3.05) is 19.7 Å². The lowest BCUT2D eigenvalue weighted by Gasteiger charge is -2.30. The first kappa shape index (κ1) is 20.5. The van der Waals surface area contributed by atoms with Crippen LogP contribution in [0.2, 0.25) is 0 Å². The molecule has 0 aliphatic carbocycles. The number of hydrogen-bond acceptors (Lipinski definition) is 5. The molecule has 1 aliphatic rings. The van der Waals surface area contributed by atoms with E-state index in [9.17, 15) is 14.4 Å². The van der Waals surface area contributed by atoms with E-state index in [2.05, 4.69) is 4.98 Å². The highest BCUT2D eigenvalue weighted by Gasteiger charge is 2.26. The van der Waals surface area contributed by atoms with Gasteiger partial charge in [-0.15, -0.1) is 0 Å². The second-order valence-electron chi connectivity index (χ2n) is 7.57. The lowest BCUT2D eigenvalue weighted by molar-refractivity contribution is -0.137. The molecule has 7 nitrogen and oxygen atoms in total. The van der Waals surface area contributed by atoms with Gasteiger partial charge in [0, 0.05) is 30.0 Å². The predicted molar refractivity (Wildman–Crippen MR) is 116 cm³/mol. The van der Waals surface area contributed by atoms with Crippen LogP contribution in [0.15, 0.2) is 60.7 Å². The zero-order valence-electron chi connectivity index (χ0n) is 17.0. The van der Waals surface area contributed by atoms with Crippen molar-refractivity contribution >= 4 is 28.7 Å². The minimum Gasteiger partial charge on any atom is -0.452 e. The third-order valence-electron chi connectivity index (χ3n) is 5.58. The van der Waals surface area contributed by atoms with Crippen molar-refractivity contribution in [3.05, 3.63) is 66.2 Å².